The van der Waals surface area contributed by atoms with E-state index in [9.17, 15) is 24.1 Å². The molecule has 0 atom stereocenters. The van der Waals surface area contributed by atoms with Crippen LogP contribution in [0.4, 0.5) is 15.8 Å². The number of hydrogen-bond acceptors (Lipinski definition) is 5. The zero-order valence-corrected chi connectivity index (χ0v) is 20.1. The Labute approximate surface area is 211 Å². The van der Waals surface area contributed by atoms with Gasteiger partial charge in [-0.2, -0.15) is 5.10 Å². The number of nitro benzene ring substituents is 1. The lowest BCUT2D eigenvalue weighted by Gasteiger charge is -2.32. The number of benzene rings is 3. The largest absolute Gasteiger partial charge is 0.339 e. The number of piperidine rings is 1. The van der Waals surface area contributed by atoms with E-state index in [1.54, 1.807) is 16.8 Å². The maximum atomic E-state index is 14.1. The Morgan fingerprint density at radius 3 is 2.46 bits per heavy atom. The fraction of sp³-hybridized carbons (Fsp3) is 0.222. The number of aryl methyl sites for hydroxylation is 1. The first-order valence-corrected chi connectivity index (χ1v) is 11.9. The molecular formula is C27H24FN5O4. The summed E-state index contributed by atoms with van der Waals surface area (Å²) in [5.74, 6) is -1.34. The number of aromatic nitrogens is 2. The van der Waals surface area contributed by atoms with Crippen LogP contribution in [0.3, 0.4) is 0 Å². The molecule has 4 aromatic rings. The number of halogens is 1. The van der Waals surface area contributed by atoms with Gasteiger partial charge in [0.25, 0.3) is 17.5 Å². The highest BCUT2D eigenvalue weighted by Crippen LogP contribution is 2.30. The summed E-state index contributed by atoms with van der Waals surface area (Å²) in [5.41, 5.74) is 2.42. The zero-order chi connectivity index (χ0) is 26.1. The van der Waals surface area contributed by atoms with E-state index in [2.05, 4.69) is 10.4 Å². The van der Waals surface area contributed by atoms with Gasteiger partial charge in [-0.05, 0) is 60.7 Å². The fourth-order valence-corrected chi connectivity index (χ4v) is 4.72. The molecule has 1 aromatic heterocycles. The molecule has 188 valence electrons. The van der Waals surface area contributed by atoms with Crippen LogP contribution in [-0.2, 0) is 7.05 Å². The molecule has 0 unspecified atom stereocenters. The van der Waals surface area contributed by atoms with Crippen LogP contribution in [-0.4, -0.2) is 44.5 Å². The maximum absolute atomic E-state index is 14.1. The quantitative estimate of drug-likeness (QED) is 0.309. The molecule has 2 amide bonds. The van der Waals surface area contributed by atoms with Gasteiger partial charge in [-0.1, -0.05) is 12.1 Å². The Kier molecular flexibility index (Phi) is 6.39. The fourth-order valence-electron chi connectivity index (χ4n) is 4.72. The van der Waals surface area contributed by atoms with Crippen molar-refractivity contribution in [3.05, 3.63) is 99.5 Å². The van der Waals surface area contributed by atoms with Crippen LogP contribution in [0.1, 0.15) is 45.0 Å². The van der Waals surface area contributed by atoms with Crippen molar-refractivity contribution in [1.29, 1.82) is 0 Å². The highest BCUT2D eigenvalue weighted by molar-refractivity contribution is 6.04. The first kappa shape index (κ1) is 24.1. The number of carbonyl (C=O) groups excluding carboxylic acids is 2. The molecule has 0 radical (unpaired) electrons. The molecule has 0 spiro atoms. The van der Waals surface area contributed by atoms with E-state index in [0.717, 1.165) is 47.5 Å². The summed E-state index contributed by atoms with van der Waals surface area (Å²) in [5, 5.41) is 18.7. The third-order valence-electron chi connectivity index (χ3n) is 6.70. The van der Waals surface area contributed by atoms with Gasteiger partial charge in [0.15, 0.2) is 0 Å². The molecule has 1 aliphatic rings. The minimum absolute atomic E-state index is 0.0146. The average molecular weight is 502 g/mol. The predicted molar refractivity (Wildman–Crippen MR) is 136 cm³/mol. The Hall–Kier alpha value is -4.60. The first-order chi connectivity index (χ1) is 17.8. The number of rotatable bonds is 5. The zero-order valence-electron chi connectivity index (χ0n) is 20.1. The molecule has 0 saturated carbocycles. The summed E-state index contributed by atoms with van der Waals surface area (Å²) >= 11 is 0. The Bertz CT molecular complexity index is 1510. The van der Waals surface area contributed by atoms with E-state index in [1.165, 1.54) is 0 Å². The van der Waals surface area contributed by atoms with E-state index in [0.29, 0.717) is 24.3 Å². The van der Waals surface area contributed by atoms with E-state index < -0.39 is 22.3 Å². The van der Waals surface area contributed by atoms with Gasteiger partial charge in [-0.15, -0.1) is 0 Å². The second kappa shape index (κ2) is 9.81. The van der Waals surface area contributed by atoms with Crippen molar-refractivity contribution in [2.24, 2.45) is 7.05 Å². The molecule has 5 rings (SSSR count). The van der Waals surface area contributed by atoms with Gasteiger partial charge in [0, 0.05) is 49.0 Å². The third-order valence-corrected chi connectivity index (χ3v) is 6.70. The van der Waals surface area contributed by atoms with Gasteiger partial charge in [0.05, 0.1) is 22.1 Å². The number of likely N-dealkylation sites (tertiary alicyclic amines) is 1. The number of amides is 2. The molecule has 37 heavy (non-hydrogen) atoms. The van der Waals surface area contributed by atoms with E-state index in [-0.39, 0.29) is 17.4 Å². The third kappa shape index (κ3) is 5.04. The number of non-ortho nitro benzene ring substituents is 1. The smallest absolute Gasteiger partial charge is 0.272 e. The topological polar surface area (TPSA) is 110 Å². The monoisotopic (exact) mass is 501 g/mol. The molecule has 1 aliphatic heterocycles. The van der Waals surface area contributed by atoms with Crippen molar-refractivity contribution in [1.82, 2.24) is 14.7 Å². The van der Waals surface area contributed by atoms with Gasteiger partial charge in [-0.3, -0.25) is 24.4 Å². The number of hydrogen-bond donors (Lipinski definition) is 1. The predicted octanol–water partition coefficient (Wildman–Crippen LogP) is 4.89. The first-order valence-electron chi connectivity index (χ1n) is 11.9. The summed E-state index contributed by atoms with van der Waals surface area (Å²) in [6.45, 7) is 1.29. The van der Waals surface area contributed by atoms with Crippen LogP contribution >= 0.6 is 0 Å². The van der Waals surface area contributed by atoms with Crippen LogP contribution in [0.25, 0.3) is 10.9 Å². The highest BCUT2D eigenvalue weighted by atomic mass is 19.1. The number of nitro groups is 1. The minimum atomic E-state index is -0.954. The average Bonchev–Trinajstić information content (AvgIpc) is 3.28. The normalized spacial score (nSPS) is 14.1. The Morgan fingerprint density at radius 1 is 1.05 bits per heavy atom. The SMILES string of the molecule is Cn1cc2cc(C(=O)N3CCC(c4ccc(NC(=O)c5ccc([N+](=O)[O-])cc5F)cc4)CC3)ccc2n1. The minimum Gasteiger partial charge on any atom is -0.339 e. The van der Waals surface area contributed by atoms with E-state index >= 15 is 0 Å². The number of fused-ring (bicyclic) bond motifs is 1. The van der Waals surface area contributed by atoms with Gasteiger partial charge >= 0.3 is 0 Å². The van der Waals surface area contributed by atoms with Gasteiger partial charge in [0.1, 0.15) is 5.82 Å². The van der Waals surface area contributed by atoms with Crippen molar-refractivity contribution in [2.45, 2.75) is 18.8 Å². The second-order valence-corrected chi connectivity index (χ2v) is 9.14. The second-order valence-electron chi connectivity index (χ2n) is 9.14. The lowest BCUT2D eigenvalue weighted by atomic mass is 9.89. The molecule has 2 heterocycles. The van der Waals surface area contributed by atoms with Gasteiger partial charge in [-0.25, -0.2) is 4.39 Å². The Morgan fingerprint density at radius 2 is 1.78 bits per heavy atom. The van der Waals surface area contributed by atoms with Crippen molar-refractivity contribution in [3.8, 4) is 0 Å². The van der Waals surface area contributed by atoms with Crippen LogP contribution in [0, 0.1) is 15.9 Å². The van der Waals surface area contributed by atoms with E-state index in [1.807, 2.05) is 48.5 Å². The summed E-state index contributed by atoms with van der Waals surface area (Å²) < 4.78 is 15.9. The van der Waals surface area contributed by atoms with Crippen LogP contribution < -0.4 is 5.32 Å². The molecule has 0 aliphatic carbocycles. The van der Waals surface area contributed by atoms with E-state index in [4.69, 9.17) is 0 Å². The van der Waals surface area contributed by atoms with Crippen LogP contribution in [0.15, 0.2) is 66.9 Å². The van der Waals surface area contributed by atoms with Crippen LogP contribution in [0.5, 0.6) is 0 Å². The lowest BCUT2D eigenvalue weighted by Crippen LogP contribution is -2.37. The molecule has 1 saturated heterocycles. The van der Waals surface area contributed by atoms with Gasteiger partial charge < -0.3 is 10.2 Å². The van der Waals surface area contributed by atoms with Crippen LogP contribution in [0.2, 0.25) is 0 Å². The summed E-state index contributed by atoms with van der Waals surface area (Å²) in [6, 6.07) is 15.8. The summed E-state index contributed by atoms with van der Waals surface area (Å²) in [4.78, 5) is 37.4. The molecule has 1 N–H and O–H groups in total. The van der Waals surface area contributed by atoms with Crippen molar-refractivity contribution in [2.75, 3.05) is 18.4 Å². The number of anilines is 1. The maximum Gasteiger partial charge on any atom is 0.272 e. The number of carbonyl (C=O) groups is 2. The Balaban J connectivity index is 1.18. The number of nitrogens with one attached hydrogen (secondary N) is 1. The number of nitrogens with zero attached hydrogens (tertiary/aromatic N) is 4. The van der Waals surface area contributed by atoms with Gasteiger partial charge in [0.2, 0.25) is 0 Å². The molecular weight excluding hydrogens is 477 g/mol. The van der Waals surface area contributed by atoms with Crippen molar-refractivity contribution < 1.29 is 18.9 Å². The molecule has 0 bridgehead atoms. The van der Waals surface area contributed by atoms with Crippen molar-refractivity contribution >= 4 is 34.1 Å². The summed E-state index contributed by atoms with van der Waals surface area (Å²) in [6.07, 6.45) is 3.54. The molecule has 10 heteroatoms. The molecule has 1 fully saturated rings. The highest BCUT2D eigenvalue weighted by Gasteiger charge is 2.25. The standard InChI is InChI=1S/C27H24FN5O4/c1-31-16-20-14-19(4-9-25(20)30-31)27(35)32-12-10-18(11-13-32)17-2-5-21(6-3-17)29-26(34)23-8-7-22(33(36)37)15-24(23)28/h2-9,14-16,18H,10-13H2,1H3,(H,29,34). The molecule has 3 aromatic carbocycles. The van der Waals surface area contributed by atoms with Crippen molar-refractivity contribution in [3.63, 3.8) is 0 Å². The molecule has 9 nitrogen and oxygen atoms in total. The summed E-state index contributed by atoms with van der Waals surface area (Å²) in [7, 11) is 1.85. The lowest BCUT2D eigenvalue weighted by molar-refractivity contribution is -0.385.